The maximum absolute atomic E-state index is 9.87. The van der Waals surface area contributed by atoms with Gasteiger partial charge in [-0.3, -0.25) is 4.68 Å². The van der Waals surface area contributed by atoms with Gasteiger partial charge in [-0.2, -0.15) is 5.10 Å². The molecule has 0 spiro atoms. The molecule has 0 aliphatic heterocycles. The molecular formula is C12H21N3O. The van der Waals surface area contributed by atoms with Gasteiger partial charge < -0.3 is 10.8 Å². The first-order chi connectivity index (χ1) is 7.74. The summed E-state index contributed by atoms with van der Waals surface area (Å²) < 4.78 is 2.00. The Bertz CT molecular complexity index is 348. The highest BCUT2D eigenvalue weighted by Crippen LogP contribution is 2.31. The predicted molar refractivity (Wildman–Crippen MR) is 63.2 cm³/mol. The first-order valence-corrected chi connectivity index (χ1v) is 6.15. The van der Waals surface area contributed by atoms with Crippen LogP contribution < -0.4 is 5.73 Å². The van der Waals surface area contributed by atoms with E-state index in [0.29, 0.717) is 0 Å². The Kier molecular flexibility index (Phi) is 3.61. The van der Waals surface area contributed by atoms with E-state index < -0.39 is 0 Å². The van der Waals surface area contributed by atoms with Crippen LogP contribution in [0.25, 0.3) is 0 Å². The zero-order chi connectivity index (χ0) is 11.5. The van der Waals surface area contributed by atoms with Crippen molar-refractivity contribution >= 4 is 0 Å². The Morgan fingerprint density at radius 2 is 2.38 bits per heavy atom. The number of aromatic nitrogens is 2. The Hall–Kier alpha value is -0.870. The molecule has 1 fully saturated rings. The van der Waals surface area contributed by atoms with Crippen LogP contribution in [0.1, 0.15) is 43.0 Å². The normalized spacial score (nSPS) is 25.2. The number of aliphatic hydroxyl groups is 1. The van der Waals surface area contributed by atoms with Crippen LogP contribution in [0.15, 0.2) is 6.20 Å². The fourth-order valence-corrected chi connectivity index (χ4v) is 2.54. The summed E-state index contributed by atoms with van der Waals surface area (Å²) >= 11 is 0. The van der Waals surface area contributed by atoms with Gasteiger partial charge in [-0.1, -0.05) is 0 Å². The molecule has 0 amide bonds. The van der Waals surface area contributed by atoms with E-state index in [2.05, 4.69) is 12.0 Å². The van der Waals surface area contributed by atoms with Crippen LogP contribution in [-0.2, 0) is 6.42 Å². The molecule has 2 unspecified atom stereocenters. The molecule has 1 aromatic rings. The maximum atomic E-state index is 9.87. The predicted octanol–water partition coefficient (Wildman–Crippen LogP) is 1.17. The second kappa shape index (κ2) is 4.97. The number of nitrogens with zero attached hydrogens (tertiary/aromatic N) is 2. The molecule has 2 atom stereocenters. The Labute approximate surface area is 96.5 Å². The Morgan fingerprint density at radius 3 is 3.00 bits per heavy atom. The van der Waals surface area contributed by atoms with Gasteiger partial charge in [0.15, 0.2) is 0 Å². The molecule has 0 saturated heterocycles. The minimum Gasteiger partial charge on any atom is -0.391 e. The van der Waals surface area contributed by atoms with Gasteiger partial charge in [0.2, 0.25) is 0 Å². The quantitative estimate of drug-likeness (QED) is 0.805. The van der Waals surface area contributed by atoms with E-state index in [0.717, 1.165) is 38.6 Å². The molecule has 1 heterocycles. The lowest BCUT2D eigenvalue weighted by Crippen LogP contribution is -2.20. The molecule has 1 aliphatic rings. The van der Waals surface area contributed by atoms with Crippen molar-refractivity contribution in [1.29, 1.82) is 0 Å². The van der Waals surface area contributed by atoms with Crippen molar-refractivity contribution in [3.8, 4) is 0 Å². The molecule has 0 radical (unpaired) electrons. The largest absolute Gasteiger partial charge is 0.391 e. The molecule has 2 rings (SSSR count). The van der Waals surface area contributed by atoms with Crippen LogP contribution in [0.4, 0.5) is 0 Å². The maximum Gasteiger partial charge on any atom is 0.0781 e. The SMILES string of the molecule is Cc1c(CCCN)cnn1C1CCCC1O. The Balaban J connectivity index is 2.13. The molecular weight excluding hydrogens is 202 g/mol. The van der Waals surface area contributed by atoms with Crippen LogP contribution in [-0.4, -0.2) is 27.5 Å². The van der Waals surface area contributed by atoms with Crippen molar-refractivity contribution in [2.24, 2.45) is 5.73 Å². The number of aryl methyl sites for hydroxylation is 1. The van der Waals surface area contributed by atoms with E-state index in [4.69, 9.17) is 5.73 Å². The summed E-state index contributed by atoms with van der Waals surface area (Å²) in [6, 6.07) is 0.187. The Morgan fingerprint density at radius 1 is 1.56 bits per heavy atom. The first-order valence-electron chi connectivity index (χ1n) is 6.15. The van der Waals surface area contributed by atoms with Crippen molar-refractivity contribution in [3.63, 3.8) is 0 Å². The standard InChI is InChI=1S/C12H21N3O/c1-9-10(4-3-7-13)8-14-15(9)11-5-2-6-12(11)16/h8,11-12,16H,2-7,13H2,1H3. The van der Waals surface area contributed by atoms with E-state index in [1.165, 1.54) is 11.3 Å². The van der Waals surface area contributed by atoms with Crippen molar-refractivity contribution < 1.29 is 5.11 Å². The van der Waals surface area contributed by atoms with Gasteiger partial charge in [0.05, 0.1) is 18.3 Å². The summed E-state index contributed by atoms with van der Waals surface area (Å²) in [6.45, 7) is 2.81. The molecule has 16 heavy (non-hydrogen) atoms. The van der Waals surface area contributed by atoms with Crippen molar-refractivity contribution in [2.45, 2.75) is 51.2 Å². The summed E-state index contributed by atoms with van der Waals surface area (Å²) in [5.41, 5.74) is 7.97. The average Bonchev–Trinajstić information content (AvgIpc) is 2.83. The van der Waals surface area contributed by atoms with Gasteiger partial charge in [-0.15, -0.1) is 0 Å². The fourth-order valence-electron chi connectivity index (χ4n) is 2.54. The fraction of sp³-hybridized carbons (Fsp3) is 0.750. The van der Waals surface area contributed by atoms with Gasteiger partial charge in [-0.05, 0) is 51.1 Å². The second-order valence-electron chi connectivity index (χ2n) is 4.66. The zero-order valence-electron chi connectivity index (χ0n) is 9.89. The zero-order valence-corrected chi connectivity index (χ0v) is 9.89. The summed E-state index contributed by atoms with van der Waals surface area (Å²) in [6.07, 6.45) is 6.74. The molecule has 0 bridgehead atoms. The lowest BCUT2D eigenvalue weighted by atomic mass is 10.1. The van der Waals surface area contributed by atoms with E-state index in [9.17, 15) is 5.11 Å². The molecule has 1 saturated carbocycles. The third kappa shape index (κ3) is 2.13. The molecule has 4 nitrogen and oxygen atoms in total. The summed E-state index contributed by atoms with van der Waals surface area (Å²) in [7, 11) is 0. The molecule has 1 aromatic heterocycles. The summed E-state index contributed by atoms with van der Waals surface area (Å²) in [4.78, 5) is 0. The van der Waals surface area contributed by atoms with E-state index in [1.807, 2.05) is 10.9 Å². The lowest BCUT2D eigenvalue weighted by molar-refractivity contribution is 0.129. The summed E-state index contributed by atoms with van der Waals surface area (Å²) in [5, 5.41) is 14.3. The van der Waals surface area contributed by atoms with E-state index in [-0.39, 0.29) is 12.1 Å². The first kappa shape index (κ1) is 11.6. The average molecular weight is 223 g/mol. The molecule has 90 valence electrons. The van der Waals surface area contributed by atoms with Gasteiger partial charge in [0.1, 0.15) is 0 Å². The lowest BCUT2D eigenvalue weighted by Gasteiger charge is -2.17. The molecule has 3 N–H and O–H groups in total. The van der Waals surface area contributed by atoms with E-state index in [1.54, 1.807) is 0 Å². The number of nitrogens with two attached hydrogens (primary N) is 1. The molecule has 1 aliphatic carbocycles. The van der Waals surface area contributed by atoms with Crippen LogP contribution in [0.5, 0.6) is 0 Å². The van der Waals surface area contributed by atoms with Crippen LogP contribution in [0.3, 0.4) is 0 Å². The highest BCUT2D eigenvalue weighted by molar-refractivity contribution is 5.17. The van der Waals surface area contributed by atoms with E-state index >= 15 is 0 Å². The highest BCUT2D eigenvalue weighted by atomic mass is 16.3. The second-order valence-corrected chi connectivity index (χ2v) is 4.66. The van der Waals surface area contributed by atoms with Gasteiger partial charge >= 0.3 is 0 Å². The van der Waals surface area contributed by atoms with Crippen LogP contribution >= 0.6 is 0 Å². The number of hydrogen-bond donors (Lipinski definition) is 2. The number of aliphatic hydroxyl groups excluding tert-OH is 1. The van der Waals surface area contributed by atoms with Gasteiger partial charge in [-0.25, -0.2) is 0 Å². The number of hydrogen-bond acceptors (Lipinski definition) is 3. The third-order valence-electron chi connectivity index (χ3n) is 3.55. The van der Waals surface area contributed by atoms with Gasteiger partial charge in [0.25, 0.3) is 0 Å². The monoisotopic (exact) mass is 223 g/mol. The number of rotatable bonds is 4. The minimum absolute atomic E-state index is 0.187. The van der Waals surface area contributed by atoms with Crippen molar-refractivity contribution in [1.82, 2.24) is 9.78 Å². The topological polar surface area (TPSA) is 64.1 Å². The molecule has 0 aromatic carbocycles. The van der Waals surface area contributed by atoms with Crippen LogP contribution in [0, 0.1) is 6.92 Å². The van der Waals surface area contributed by atoms with Gasteiger partial charge in [0, 0.05) is 5.69 Å². The van der Waals surface area contributed by atoms with Crippen molar-refractivity contribution in [3.05, 3.63) is 17.5 Å². The minimum atomic E-state index is -0.221. The van der Waals surface area contributed by atoms with Crippen molar-refractivity contribution in [2.75, 3.05) is 6.54 Å². The van der Waals surface area contributed by atoms with Crippen LogP contribution in [0.2, 0.25) is 0 Å². The molecule has 4 heteroatoms. The third-order valence-corrected chi connectivity index (χ3v) is 3.55. The summed E-state index contributed by atoms with van der Waals surface area (Å²) in [5.74, 6) is 0. The highest BCUT2D eigenvalue weighted by Gasteiger charge is 2.28. The smallest absolute Gasteiger partial charge is 0.0781 e.